The van der Waals surface area contributed by atoms with Crippen LogP contribution in [0.4, 0.5) is 8.78 Å². The highest BCUT2D eigenvalue weighted by atomic mass is 32.1. The summed E-state index contributed by atoms with van der Waals surface area (Å²) >= 11 is 5.06. The molecule has 0 atom stereocenters. The number of nitrogens with zero attached hydrogens (tertiary/aromatic N) is 1. The van der Waals surface area contributed by atoms with Crippen molar-refractivity contribution in [3.8, 4) is 0 Å². The minimum absolute atomic E-state index is 0.293. The van der Waals surface area contributed by atoms with Gasteiger partial charge in [-0.1, -0.05) is 19.3 Å². The third-order valence-electron chi connectivity index (χ3n) is 2.69. The van der Waals surface area contributed by atoms with E-state index in [1.54, 1.807) is 7.05 Å². The number of hydrogen-bond acceptors (Lipinski definition) is 1. The first kappa shape index (κ1) is 12.6. The largest absolute Gasteiger partial charge is 0.360 e. The fraction of sp³-hybridized carbons (Fsp3) is 0.900. The molecule has 1 fully saturated rings. The van der Waals surface area contributed by atoms with E-state index in [2.05, 4.69) is 5.32 Å². The Bertz CT molecular complexity index is 206. The van der Waals surface area contributed by atoms with Crippen LogP contribution >= 0.6 is 12.2 Å². The Morgan fingerprint density at radius 1 is 1.40 bits per heavy atom. The molecule has 0 aromatic carbocycles. The minimum Gasteiger partial charge on any atom is -0.360 e. The molecule has 5 heteroatoms. The van der Waals surface area contributed by atoms with E-state index in [4.69, 9.17) is 12.2 Å². The Kier molecular flexibility index (Phi) is 5.22. The van der Waals surface area contributed by atoms with Gasteiger partial charge in [-0.25, -0.2) is 8.78 Å². The Morgan fingerprint density at radius 2 is 2.00 bits per heavy atom. The summed E-state index contributed by atoms with van der Waals surface area (Å²) < 4.78 is 24.2. The quantitative estimate of drug-likeness (QED) is 0.757. The van der Waals surface area contributed by atoms with Crippen LogP contribution < -0.4 is 5.32 Å². The first-order valence-electron chi connectivity index (χ1n) is 5.39. The van der Waals surface area contributed by atoms with Gasteiger partial charge in [0, 0.05) is 13.1 Å². The zero-order valence-corrected chi connectivity index (χ0v) is 9.83. The SMILES string of the molecule is CN(CC(F)F)C(=S)NC1CCCCC1. The standard InChI is InChI=1S/C10H18F2N2S/c1-14(7-9(11)12)10(15)13-8-5-3-2-4-6-8/h8-9H,2-7H2,1H3,(H,13,15). The summed E-state index contributed by atoms with van der Waals surface area (Å²) in [5.74, 6) is 0. The molecule has 0 saturated heterocycles. The third-order valence-corrected chi connectivity index (χ3v) is 3.12. The lowest BCUT2D eigenvalue weighted by molar-refractivity contribution is 0.122. The summed E-state index contributed by atoms with van der Waals surface area (Å²) in [6.07, 6.45) is 3.56. The molecule has 0 heterocycles. The van der Waals surface area contributed by atoms with Crippen molar-refractivity contribution >= 4 is 17.3 Å². The number of thiocarbonyl (C=S) groups is 1. The predicted octanol–water partition coefficient (Wildman–Crippen LogP) is 2.39. The van der Waals surface area contributed by atoms with E-state index in [1.165, 1.54) is 24.2 Å². The average molecular weight is 236 g/mol. The van der Waals surface area contributed by atoms with Crippen molar-refractivity contribution in [2.45, 2.75) is 44.6 Å². The van der Waals surface area contributed by atoms with E-state index in [0.29, 0.717) is 11.2 Å². The maximum atomic E-state index is 12.1. The highest BCUT2D eigenvalue weighted by Gasteiger charge is 2.17. The van der Waals surface area contributed by atoms with E-state index in [-0.39, 0.29) is 6.54 Å². The zero-order valence-electron chi connectivity index (χ0n) is 9.01. The van der Waals surface area contributed by atoms with Crippen LogP contribution in [0.25, 0.3) is 0 Å². The highest BCUT2D eigenvalue weighted by Crippen LogP contribution is 2.17. The lowest BCUT2D eigenvalue weighted by Crippen LogP contribution is -2.45. The van der Waals surface area contributed by atoms with Crippen LogP contribution in [0.15, 0.2) is 0 Å². The topological polar surface area (TPSA) is 15.3 Å². The Labute approximate surface area is 95.0 Å². The fourth-order valence-corrected chi connectivity index (χ4v) is 2.06. The van der Waals surface area contributed by atoms with Gasteiger partial charge < -0.3 is 10.2 Å². The van der Waals surface area contributed by atoms with E-state index in [0.717, 1.165) is 12.8 Å². The van der Waals surface area contributed by atoms with Crippen molar-refractivity contribution in [1.82, 2.24) is 10.2 Å². The average Bonchev–Trinajstić information content (AvgIpc) is 2.18. The normalized spacial score (nSPS) is 17.9. The molecule has 0 aliphatic heterocycles. The molecule has 0 radical (unpaired) electrons. The lowest BCUT2D eigenvalue weighted by Gasteiger charge is -2.28. The summed E-state index contributed by atoms with van der Waals surface area (Å²) in [7, 11) is 1.60. The van der Waals surface area contributed by atoms with Gasteiger partial charge in [0.15, 0.2) is 5.11 Å². The van der Waals surface area contributed by atoms with Gasteiger partial charge in [-0.15, -0.1) is 0 Å². The Hall–Kier alpha value is -0.450. The maximum absolute atomic E-state index is 12.1. The van der Waals surface area contributed by atoms with E-state index < -0.39 is 6.43 Å². The zero-order chi connectivity index (χ0) is 11.3. The first-order valence-corrected chi connectivity index (χ1v) is 5.80. The second-order valence-corrected chi connectivity index (χ2v) is 4.44. The van der Waals surface area contributed by atoms with Gasteiger partial charge in [0.2, 0.25) is 0 Å². The van der Waals surface area contributed by atoms with Crippen LogP contribution in [-0.4, -0.2) is 36.1 Å². The van der Waals surface area contributed by atoms with Crippen molar-refractivity contribution in [3.05, 3.63) is 0 Å². The molecular formula is C10H18F2N2S. The summed E-state index contributed by atoms with van der Waals surface area (Å²) in [6.45, 7) is -0.293. The molecule has 0 aromatic rings. The Balaban J connectivity index is 2.27. The van der Waals surface area contributed by atoms with Gasteiger partial charge in [0.05, 0.1) is 6.54 Å². The van der Waals surface area contributed by atoms with Crippen molar-refractivity contribution in [2.24, 2.45) is 0 Å². The van der Waals surface area contributed by atoms with Crippen LogP contribution in [0.3, 0.4) is 0 Å². The Morgan fingerprint density at radius 3 is 2.53 bits per heavy atom. The highest BCUT2D eigenvalue weighted by molar-refractivity contribution is 7.80. The van der Waals surface area contributed by atoms with Crippen molar-refractivity contribution in [3.63, 3.8) is 0 Å². The van der Waals surface area contributed by atoms with Gasteiger partial charge >= 0.3 is 0 Å². The molecule has 15 heavy (non-hydrogen) atoms. The molecule has 0 unspecified atom stereocenters. The lowest BCUT2D eigenvalue weighted by atomic mass is 9.96. The van der Waals surface area contributed by atoms with Gasteiger partial charge in [-0.2, -0.15) is 0 Å². The van der Waals surface area contributed by atoms with Gasteiger partial charge in [-0.3, -0.25) is 0 Å². The second-order valence-electron chi connectivity index (χ2n) is 4.06. The van der Waals surface area contributed by atoms with Crippen LogP contribution in [0.1, 0.15) is 32.1 Å². The number of halogens is 2. The maximum Gasteiger partial charge on any atom is 0.255 e. The summed E-state index contributed by atoms with van der Waals surface area (Å²) in [6, 6.07) is 0.381. The summed E-state index contributed by atoms with van der Waals surface area (Å²) in [5.41, 5.74) is 0. The molecule has 1 aliphatic carbocycles. The molecule has 0 amide bonds. The van der Waals surface area contributed by atoms with Crippen molar-refractivity contribution in [1.29, 1.82) is 0 Å². The van der Waals surface area contributed by atoms with E-state index >= 15 is 0 Å². The summed E-state index contributed by atoms with van der Waals surface area (Å²) in [5, 5.41) is 3.59. The van der Waals surface area contributed by atoms with Crippen LogP contribution in [0.2, 0.25) is 0 Å². The number of rotatable bonds is 3. The number of alkyl halides is 2. The molecule has 88 valence electrons. The summed E-state index contributed by atoms with van der Waals surface area (Å²) in [4.78, 5) is 1.41. The number of hydrogen-bond donors (Lipinski definition) is 1. The molecule has 0 spiro atoms. The van der Waals surface area contributed by atoms with Gasteiger partial charge in [0.1, 0.15) is 0 Å². The predicted molar refractivity (Wildman–Crippen MR) is 61.2 cm³/mol. The monoisotopic (exact) mass is 236 g/mol. The van der Waals surface area contributed by atoms with Crippen LogP contribution in [0.5, 0.6) is 0 Å². The smallest absolute Gasteiger partial charge is 0.255 e. The van der Waals surface area contributed by atoms with Gasteiger partial charge in [-0.05, 0) is 25.1 Å². The molecule has 1 aliphatic rings. The molecular weight excluding hydrogens is 218 g/mol. The first-order chi connectivity index (χ1) is 7.09. The fourth-order valence-electron chi connectivity index (χ4n) is 1.82. The number of nitrogens with one attached hydrogen (secondary N) is 1. The van der Waals surface area contributed by atoms with E-state index in [9.17, 15) is 8.78 Å². The van der Waals surface area contributed by atoms with Crippen molar-refractivity contribution < 1.29 is 8.78 Å². The minimum atomic E-state index is -2.33. The van der Waals surface area contributed by atoms with Gasteiger partial charge in [0.25, 0.3) is 6.43 Å². The molecule has 2 nitrogen and oxygen atoms in total. The second kappa shape index (κ2) is 6.20. The van der Waals surface area contributed by atoms with Crippen LogP contribution in [-0.2, 0) is 0 Å². The third kappa shape index (κ3) is 4.73. The van der Waals surface area contributed by atoms with Crippen LogP contribution in [0, 0.1) is 0 Å². The molecule has 1 saturated carbocycles. The van der Waals surface area contributed by atoms with Crippen molar-refractivity contribution in [2.75, 3.05) is 13.6 Å². The van der Waals surface area contributed by atoms with E-state index in [1.807, 2.05) is 0 Å². The molecule has 0 aromatic heterocycles. The molecule has 1 rings (SSSR count). The molecule has 1 N–H and O–H groups in total. The molecule has 0 bridgehead atoms.